The van der Waals surface area contributed by atoms with Gasteiger partial charge in [-0.3, -0.25) is 13.9 Å². The van der Waals surface area contributed by atoms with Gasteiger partial charge in [-0.25, -0.2) is 12.8 Å². The minimum Gasteiger partial charge on any atom is -0.352 e. The fourth-order valence-electron chi connectivity index (χ4n) is 4.13. The zero-order chi connectivity index (χ0) is 29.6. The molecule has 0 radical (unpaired) electrons. The molecule has 3 rings (SSSR count). The van der Waals surface area contributed by atoms with Gasteiger partial charge in [0.15, 0.2) is 0 Å². The van der Waals surface area contributed by atoms with Crippen LogP contribution in [0.2, 0.25) is 10.0 Å². The Morgan fingerprint density at radius 3 is 2.05 bits per heavy atom. The number of hydrogen-bond donors (Lipinski definition) is 1. The van der Waals surface area contributed by atoms with E-state index in [9.17, 15) is 22.4 Å². The van der Waals surface area contributed by atoms with Gasteiger partial charge < -0.3 is 10.2 Å². The molecule has 2 amide bonds. The quantitative estimate of drug-likeness (QED) is 0.291. The molecule has 3 aromatic carbocycles. The Morgan fingerprint density at radius 1 is 0.950 bits per heavy atom. The van der Waals surface area contributed by atoms with Gasteiger partial charge in [0, 0.05) is 28.2 Å². The molecule has 0 unspecified atom stereocenters. The van der Waals surface area contributed by atoms with Crippen molar-refractivity contribution in [3.05, 3.63) is 93.7 Å². The zero-order valence-corrected chi connectivity index (χ0v) is 25.0. The summed E-state index contributed by atoms with van der Waals surface area (Å²) in [5.41, 5.74) is 1.36. The Morgan fingerprint density at radius 2 is 1.52 bits per heavy atom. The average Bonchev–Trinajstić information content (AvgIpc) is 2.89. The largest absolute Gasteiger partial charge is 0.352 e. The lowest BCUT2D eigenvalue weighted by atomic mass is 10.1. The second-order valence-electron chi connectivity index (χ2n) is 9.61. The topological polar surface area (TPSA) is 86.8 Å². The van der Waals surface area contributed by atoms with Crippen LogP contribution < -0.4 is 9.62 Å². The molecular weight excluding hydrogens is 576 g/mol. The standard InChI is InChI=1S/C29H32Cl2FN3O4S/c1-5-27(29(37)33-19(2)3)34(17-24-25(30)7-6-8-26(24)31)28(36)18-35(22-13-11-21(32)12-14-22)40(38,39)23-15-9-20(4)10-16-23/h6-16,19,27H,5,17-18H2,1-4H3,(H,33,37)/t27-/m0/s1. The van der Waals surface area contributed by atoms with Crippen LogP contribution in [-0.2, 0) is 26.2 Å². The number of halogens is 3. The van der Waals surface area contributed by atoms with Crippen molar-refractivity contribution in [1.82, 2.24) is 10.2 Å². The van der Waals surface area contributed by atoms with Crippen LogP contribution >= 0.6 is 23.2 Å². The maximum atomic E-state index is 14.0. The lowest BCUT2D eigenvalue weighted by Gasteiger charge is -2.34. The third-order valence-corrected chi connectivity index (χ3v) is 8.71. The number of rotatable bonds is 11. The zero-order valence-electron chi connectivity index (χ0n) is 22.7. The molecule has 0 fully saturated rings. The van der Waals surface area contributed by atoms with Crippen LogP contribution in [0.3, 0.4) is 0 Å². The van der Waals surface area contributed by atoms with Crippen molar-refractivity contribution in [1.29, 1.82) is 0 Å². The van der Waals surface area contributed by atoms with E-state index in [1.807, 2.05) is 6.92 Å². The second-order valence-corrected chi connectivity index (χ2v) is 12.3. The van der Waals surface area contributed by atoms with Gasteiger partial charge in [-0.05, 0) is 75.7 Å². The first-order valence-electron chi connectivity index (χ1n) is 12.7. The monoisotopic (exact) mass is 607 g/mol. The summed E-state index contributed by atoms with van der Waals surface area (Å²) >= 11 is 12.8. The van der Waals surface area contributed by atoms with E-state index < -0.39 is 40.2 Å². The SMILES string of the molecule is CC[C@@H](C(=O)NC(C)C)N(Cc1c(Cl)cccc1Cl)C(=O)CN(c1ccc(F)cc1)S(=O)(=O)c1ccc(C)cc1. The van der Waals surface area contributed by atoms with Crippen LogP contribution in [0, 0.1) is 12.7 Å². The number of amides is 2. The van der Waals surface area contributed by atoms with E-state index in [2.05, 4.69) is 5.32 Å². The van der Waals surface area contributed by atoms with E-state index in [1.54, 1.807) is 51.1 Å². The van der Waals surface area contributed by atoms with Crippen molar-refractivity contribution in [2.24, 2.45) is 0 Å². The normalized spacial score (nSPS) is 12.2. The molecule has 1 atom stereocenters. The summed E-state index contributed by atoms with van der Waals surface area (Å²) in [6.45, 7) is 6.37. The first-order valence-corrected chi connectivity index (χ1v) is 14.9. The molecule has 0 aromatic heterocycles. The molecule has 214 valence electrons. The fraction of sp³-hybridized carbons (Fsp3) is 0.310. The van der Waals surface area contributed by atoms with Gasteiger partial charge in [-0.2, -0.15) is 0 Å². The number of carbonyl (C=O) groups excluding carboxylic acids is 2. The van der Waals surface area contributed by atoms with Gasteiger partial charge in [0.1, 0.15) is 18.4 Å². The summed E-state index contributed by atoms with van der Waals surface area (Å²) in [6, 6.07) is 14.7. The predicted molar refractivity (Wildman–Crippen MR) is 156 cm³/mol. The summed E-state index contributed by atoms with van der Waals surface area (Å²) in [5.74, 6) is -1.63. The van der Waals surface area contributed by atoms with Crippen LogP contribution in [0.4, 0.5) is 10.1 Å². The highest BCUT2D eigenvalue weighted by Gasteiger charge is 2.34. The van der Waals surface area contributed by atoms with Crippen molar-refractivity contribution in [2.75, 3.05) is 10.8 Å². The van der Waals surface area contributed by atoms with E-state index in [0.717, 1.165) is 22.0 Å². The minimum atomic E-state index is -4.26. The Balaban J connectivity index is 2.10. The van der Waals surface area contributed by atoms with Gasteiger partial charge >= 0.3 is 0 Å². The molecule has 3 aromatic rings. The number of carbonyl (C=O) groups is 2. The summed E-state index contributed by atoms with van der Waals surface area (Å²) < 4.78 is 42.3. The van der Waals surface area contributed by atoms with Gasteiger partial charge in [0.05, 0.1) is 10.6 Å². The Hall–Kier alpha value is -3.14. The van der Waals surface area contributed by atoms with Gasteiger partial charge in [0.2, 0.25) is 11.8 Å². The molecule has 0 heterocycles. The van der Waals surface area contributed by atoms with Crippen LogP contribution in [0.1, 0.15) is 38.3 Å². The third-order valence-electron chi connectivity index (χ3n) is 6.21. The molecule has 1 N–H and O–H groups in total. The molecule has 0 aliphatic heterocycles. The average molecular weight is 609 g/mol. The van der Waals surface area contributed by atoms with Crippen LogP contribution in [-0.4, -0.2) is 43.8 Å². The van der Waals surface area contributed by atoms with Gasteiger partial charge in [-0.1, -0.05) is 53.9 Å². The molecule has 0 spiro atoms. The lowest BCUT2D eigenvalue weighted by Crippen LogP contribution is -2.53. The van der Waals surface area contributed by atoms with E-state index >= 15 is 0 Å². The molecule has 0 saturated heterocycles. The summed E-state index contributed by atoms with van der Waals surface area (Å²) in [7, 11) is -4.26. The van der Waals surface area contributed by atoms with Crippen LogP contribution in [0.25, 0.3) is 0 Å². The number of sulfonamides is 1. The Bertz CT molecular complexity index is 1430. The van der Waals surface area contributed by atoms with E-state index in [-0.39, 0.29) is 29.6 Å². The molecule has 7 nitrogen and oxygen atoms in total. The number of aryl methyl sites for hydroxylation is 1. The second kappa shape index (κ2) is 13.5. The highest BCUT2D eigenvalue weighted by atomic mass is 35.5. The fourth-order valence-corrected chi connectivity index (χ4v) is 6.06. The summed E-state index contributed by atoms with van der Waals surface area (Å²) in [4.78, 5) is 28.5. The van der Waals surface area contributed by atoms with E-state index in [0.29, 0.717) is 15.6 Å². The van der Waals surface area contributed by atoms with Crippen molar-refractivity contribution in [2.45, 2.75) is 57.6 Å². The molecule has 0 aliphatic rings. The van der Waals surface area contributed by atoms with Crippen molar-refractivity contribution >= 4 is 50.7 Å². The molecule has 40 heavy (non-hydrogen) atoms. The van der Waals surface area contributed by atoms with Crippen molar-refractivity contribution in [3.63, 3.8) is 0 Å². The van der Waals surface area contributed by atoms with E-state index in [4.69, 9.17) is 23.2 Å². The van der Waals surface area contributed by atoms with Crippen molar-refractivity contribution in [3.8, 4) is 0 Å². The molecule has 0 bridgehead atoms. The van der Waals surface area contributed by atoms with Crippen LogP contribution in [0.15, 0.2) is 71.6 Å². The maximum Gasteiger partial charge on any atom is 0.264 e. The Kier molecular flexibility index (Phi) is 10.6. The molecular formula is C29H32Cl2FN3O4S. The number of benzene rings is 3. The number of anilines is 1. The number of nitrogens with zero attached hydrogens (tertiary/aromatic N) is 2. The van der Waals surface area contributed by atoms with E-state index in [1.165, 1.54) is 29.2 Å². The summed E-state index contributed by atoms with van der Waals surface area (Å²) in [5, 5.41) is 3.42. The predicted octanol–water partition coefficient (Wildman–Crippen LogP) is 5.97. The minimum absolute atomic E-state index is 0.0412. The van der Waals surface area contributed by atoms with Crippen molar-refractivity contribution < 1.29 is 22.4 Å². The smallest absolute Gasteiger partial charge is 0.264 e. The highest BCUT2D eigenvalue weighted by molar-refractivity contribution is 7.92. The highest BCUT2D eigenvalue weighted by Crippen LogP contribution is 2.29. The van der Waals surface area contributed by atoms with Gasteiger partial charge in [0.25, 0.3) is 10.0 Å². The van der Waals surface area contributed by atoms with Crippen LogP contribution in [0.5, 0.6) is 0 Å². The molecule has 0 aliphatic carbocycles. The number of hydrogen-bond acceptors (Lipinski definition) is 4. The summed E-state index contributed by atoms with van der Waals surface area (Å²) in [6.07, 6.45) is 0.244. The number of nitrogens with one attached hydrogen (secondary N) is 1. The Labute approximate surface area is 244 Å². The third kappa shape index (κ3) is 7.53. The maximum absolute atomic E-state index is 14.0. The first kappa shape index (κ1) is 31.4. The molecule has 11 heteroatoms. The first-order chi connectivity index (χ1) is 18.8. The van der Waals surface area contributed by atoms with Gasteiger partial charge in [-0.15, -0.1) is 0 Å². The molecule has 0 saturated carbocycles. The lowest BCUT2D eigenvalue weighted by molar-refractivity contribution is -0.140.